The maximum Gasteiger partial charge on any atom is 0.101 e. The molecule has 1 aromatic heterocycles. The van der Waals surface area contributed by atoms with Crippen molar-refractivity contribution >= 4 is 0 Å². The molecule has 2 heterocycles. The Hall–Kier alpha value is -0.900. The van der Waals surface area contributed by atoms with Crippen LogP contribution in [0.3, 0.4) is 0 Å². The number of aryl methyl sites for hydroxylation is 1. The van der Waals surface area contributed by atoms with Gasteiger partial charge in [-0.2, -0.15) is 0 Å². The van der Waals surface area contributed by atoms with Crippen molar-refractivity contribution in [2.24, 2.45) is 7.05 Å². The van der Waals surface area contributed by atoms with Gasteiger partial charge in [0, 0.05) is 20.1 Å². The van der Waals surface area contributed by atoms with Crippen LogP contribution in [-0.4, -0.2) is 26.9 Å². The van der Waals surface area contributed by atoms with Gasteiger partial charge in [-0.3, -0.25) is 9.58 Å². The standard InChI is InChI=1S/C6H10N4/c1-9-3-5-6(4-9)10(2)8-7-5/h3-4H2,1-2H3. The summed E-state index contributed by atoms with van der Waals surface area (Å²) < 4.78 is 1.85. The first-order valence-electron chi connectivity index (χ1n) is 3.33. The predicted molar refractivity (Wildman–Crippen MR) is 36.2 cm³/mol. The lowest BCUT2D eigenvalue weighted by Crippen LogP contribution is -2.11. The van der Waals surface area contributed by atoms with Gasteiger partial charge < -0.3 is 0 Å². The van der Waals surface area contributed by atoms with Gasteiger partial charge in [-0.25, -0.2) is 0 Å². The summed E-state index contributed by atoms with van der Waals surface area (Å²) in [5.74, 6) is 0. The van der Waals surface area contributed by atoms with E-state index in [0.717, 1.165) is 18.8 Å². The minimum atomic E-state index is 0.948. The molecule has 1 aliphatic heterocycles. The molecule has 1 aromatic rings. The summed E-state index contributed by atoms with van der Waals surface area (Å²) >= 11 is 0. The molecule has 0 amide bonds. The zero-order chi connectivity index (χ0) is 7.14. The van der Waals surface area contributed by atoms with Crippen LogP contribution in [0.2, 0.25) is 0 Å². The molecule has 0 saturated heterocycles. The zero-order valence-corrected chi connectivity index (χ0v) is 6.20. The Kier molecular flexibility index (Phi) is 1.05. The number of aromatic nitrogens is 3. The molecule has 0 aromatic carbocycles. The maximum absolute atomic E-state index is 4.02. The second-order valence-electron chi connectivity index (χ2n) is 2.78. The fourth-order valence-corrected chi connectivity index (χ4v) is 1.30. The van der Waals surface area contributed by atoms with Crippen LogP contribution < -0.4 is 0 Å². The second-order valence-corrected chi connectivity index (χ2v) is 2.78. The lowest BCUT2D eigenvalue weighted by atomic mass is 10.4. The van der Waals surface area contributed by atoms with Crippen molar-refractivity contribution in [3.8, 4) is 0 Å². The van der Waals surface area contributed by atoms with Crippen molar-refractivity contribution in [3.63, 3.8) is 0 Å². The maximum atomic E-state index is 4.02. The summed E-state index contributed by atoms with van der Waals surface area (Å²) in [6, 6.07) is 0. The molecule has 0 radical (unpaired) electrons. The van der Waals surface area contributed by atoms with Gasteiger partial charge in [-0.05, 0) is 7.05 Å². The van der Waals surface area contributed by atoms with E-state index in [9.17, 15) is 0 Å². The monoisotopic (exact) mass is 138 g/mol. The number of hydrogen-bond acceptors (Lipinski definition) is 3. The van der Waals surface area contributed by atoms with Crippen LogP contribution in [0.1, 0.15) is 11.4 Å². The van der Waals surface area contributed by atoms with E-state index in [1.54, 1.807) is 0 Å². The number of fused-ring (bicyclic) bond motifs is 1. The summed E-state index contributed by atoms with van der Waals surface area (Å²) in [6.45, 7) is 1.93. The molecule has 4 heteroatoms. The summed E-state index contributed by atoms with van der Waals surface area (Å²) in [5.41, 5.74) is 2.38. The highest BCUT2D eigenvalue weighted by molar-refractivity contribution is 5.14. The van der Waals surface area contributed by atoms with Crippen molar-refractivity contribution in [2.45, 2.75) is 13.1 Å². The molecule has 0 bridgehead atoms. The van der Waals surface area contributed by atoms with E-state index >= 15 is 0 Å². The number of nitrogens with zero attached hydrogens (tertiary/aromatic N) is 4. The lowest BCUT2D eigenvalue weighted by molar-refractivity contribution is 0.339. The van der Waals surface area contributed by atoms with Crippen molar-refractivity contribution in [1.82, 2.24) is 19.9 Å². The number of hydrogen-bond donors (Lipinski definition) is 0. The Morgan fingerprint density at radius 2 is 2.10 bits per heavy atom. The van der Waals surface area contributed by atoms with E-state index in [1.807, 2.05) is 11.7 Å². The van der Waals surface area contributed by atoms with E-state index in [1.165, 1.54) is 5.69 Å². The van der Waals surface area contributed by atoms with Gasteiger partial charge in [-0.15, -0.1) is 5.10 Å². The van der Waals surface area contributed by atoms with Crippen molar-refractivity contribution in [2.75, 3.05) is 7.05 Å². The SMILES string of the molecule is CN1Cc2nnn(C)c2C1. The van der Waals surface area contributed by atoms with Gasteiger partial charge in [0.15, 0.2) is 0 Å². The molecule has 0 unspecified atom stereocenters. The summed E-state index contributed by atoms with van der Waals surface area (Å²) in [4.78, 5) is 2.22. The van der Waals surface area contributed by atoms with E-state index in [4.69, 9.17) is 0 Å². The van der Waals surface area contributed by atoms with Crippen LogP contribution in [0.25, 0.3) is 0 Å². The molecule has 1 aliphatic rings. The molecular weight excluding hydrogens is 128 g/mol. The molecule has 0 fully saturated rings. The molecule has 2 rings (SSSR count). The van der Waals surface area contributed by atoms with Gasteiger partial charge in [-0.1, -0.05) is 5.21 Å². The van der Waals surface area contributed by atoms with Crippen molar-refractivity contribution < 1.29 is 0 Å². The third-order valence-corrected chi connectivity index (χ3v) is 1.86. The quantitative estimate of drug-likeness (QED) is 0.496. The molecule has 0 saturated carbocycles. The minimum absolute atomic E-state index is 0.948. The van der Waals surface area contributed by atoms with Crippen LogP contribution in [0, 0.1) is 0 Å². The lowest BCUT2D eigenvalue weighted by Gasteiger charge is -2.03. The van der Waals surface area contributed by atoms with Crippen LogP contribution in [0.15, 0.2) is 0 Å². The van der Waals surface area contributed by atoms with Crippen molar-refractivity contribution in [3.05, 3.63) is 11.4 Å². The molecule has 0 spiro atoms. The Labute approximate surface area is 59.4 Å². The highest BCUT2D eigenvalue weighted by Gasteiger charge is 2.20. The topological polar surface area (TPSA) is 34.0 Å². The van der Waals surface area contributed by atoms with Gasteiger partial charge >= 0.3 is 0 Å². The van der Waals surface area contributed by atoms with E-state index in [2.05, 4.69) is 22.3 Å². The Morgan fingerprint density at radius 3 is 2.80 bits per heavy atom. The second kappa shape index (κ2) is 1.79. The Morgan fingerprint density at radius 1 is 1.30 bits per heavy atom. The molecule has 0 atom stereocenters. The third-order valence-electron chi connectivity index (χ3n) is 1.86. The normalized spacial score (nSPS) is 17.8. The third kappa shape index (κ3) is 0.654. The zero-order valence-electron chi connectivity index (χ0n) is 6.20. The largest absolute Gasteiger partial charge is 0.295 e. The predicted octanol–water partition coefficient (Wildman–Crippen LogP) is -0.240. The Balaban J connectivity index is 2.44. The highest BCUT2D eigenvalue weighted by atomic mass is 15.4. The van der Waals surface area contributed by atoms with Gasteiger partial charge in [0.05, 0.1) is 5.69 Å². The fraction of sp³-hybridized carbons (Fsp3) is 0.667. The molecule has 0 aliphatic carbocycles. The first-order chi connectivity index (χ1) is 4.77. The average Bonchev–Trinajstić information content (AvgIpc) is 2.35. The summed E-state index contributed by atoms with van der Waals surface area (Å²) in [7, 11) is 4.02. The van der Waals surface area contributed by atoms with E-state index in [0.29, 0.717) is 0 Å². The minimum Gasteiger partial charge on any atom is -0.295 e. The highest BCUT2D eigenvalue weighted by Crippen LogP contribution is 2.16. The number of rotatable bonds is 0. The summed E-state index contributed by atoms with van der Waals surface area (Å²) in [5, 5.41) is 7.93. The van der Waals surface area contributed by atoms with Crippen LogP contribution >= 0.6 is 0 Å². The molecule has 54 valence electrons. The van der Waals surface area contributed by atoms with E-state index in [-0.39, 0.29) is 0 Å². The van der Waals surface area contributed by atoms with Gasteiger partial charge in [0.2, 0.25) is 0 Å². The average molecular weight is 138 g/mol. The Bertz CT molecular complexity index is 252. The van der Waals surface area contributed by atoms with Crippen LogP contribution in [0.5, 0.6) is 0 Å². The van der Waals surface area contributed by atoms with Gasteiger partial charge in [0.1, 0.15) is 5.69 Å². The smallest absolute Gasteiger partial charge is 0.101 e. The van der Waals surface area contributed by atoms with Crippen LogP contribution in [0.4, 0.5) is 0 Å². The summed E-state index contributed by atoms with van der Waals surface area (Å²) in [6.07, 6.45) is 0. The molecular formula is C6H10N4. The van der Waals surface area contributed by atoms with Crippen LogP contribution in [-0.2, 0) is 20.1 Å². The first-order valence-corrected chi connectivity index (χ1v) is 3.33. The molecule has 4 nitrogen and oxygen atoms in total. The van der Waals surface area contributed by atoms with E-state index < -0.39 is 0 Å². The van der Waals surface area contributed by atoms with Gasteiger partial charge in [0.25, 0.3) is 0 Å². The van der Waals surface area contributed by atoms with Crippen molar-refractivity contribution in [1.29, 1.82) is 0 Å². The first kappa shape index (κ1) is 5.85. The molecule has 10 heavy (non-hydrogen) atoms. The molecule has 0 N–H and O–H groups in total. The fourth-order valence-electron chi connectivity index (χ4n) is 1.30.